The van der Waals surface area contributed by atoms with Crippen molar-refractivity contribution in [3.63, 3.8) is 0 Å². The smallest absolute Gasteiger partial charge is 0.274 e. The van der Waals surface area contributed by atoms with E-state index in [9.17, 15) is 4.79 Å². The van der Waals surface area contributed by atoms with Gasteiger partial charge in [-0.3, -0.25) is 4.79 Å². The predicted molar refractivity (Wildman–Crippen MR) is 111 cm³/mol. The van der Waals surface area contributed by atoms with Crippen LogP contribution in [0.3, 0.4) is 0 Å². The summed E-state index contributed by atoms with van der Waals surface area (Å²) in [6.45, 7) is 4.04. The van der Waals surface area contributed by atoms with Crippen molar-refractivity contribution in [3.8, 4) is 16.3 Å². The Hall–Kier alpha value is -3.18. The number of anilines is 1. The highest BCUT2D eigenvalue weighted by Gasteiger charge is 2.18. The molecule has 0 bridgehead atoms. The summed E-state index contributed by atoms with van der Waals surface area (Å²) in [7, 11) is 0. The number of aryl methyl sites for hydroxylation is 2. The minimum Gasteiger partial charge on any atom is -0.321 e. The van der Waals surface area contributed by atoms with E-state index < -0.39 is 0 Å². The van der Waals surface area contributed by atoms with Crippen molar-refractivity contribution in [2.45, 2.75) is 13.8 Å². The highest BCUT2D eigenvalue weighted by atomic mass is 32.1. The molecule has 4 aromatic rings. The maximum atomic E-state index is 13.0. The fourth-order valence-corrected chi connectivity index (χ4v) is 3.78. The number of rotatable bonds is 4. The number of nitrogens with one attached hydrogen (secondary N) is 1. The molecule has 2 aromatic carbocycles. The first kappa shape index (κ1) is 17.2. The summed E-state index contributed by atoms with van der Waals surface area (Å²) in [6.07, 6.45) is 0. The van der Waals surface area contributed by atoms with Crippen LogP contribution in [0.2, 0.25) is 0 Å². The maximum Gasteiger partial charge on any atom is 0.274 e. The fraction of sp³-hybridized carbons (Fsp3) is 0.0909. The molecule has 0 saturated heterocycles. The summed E-state index contributed by atoms with van der Waals surface area (Å²) in [6, 6.07) is 21.6. The van der Waals surface area contributed by atoms with Gasteiger partial charge in [0.15, 0.2) is 0 Å². The van der Waals surface area contributed by atoms with E-state index in [1.54, 1.807) is 16.0 Å². The molecule has 1 amide bonds. The van der Waals surface area contributed by atoms with Gasteiger partial charge < -0.3 is 5.32 Å². The summed E-state index contributed by atoms with van der Waals surface area (Å²) in [5.41, 5.74) is 5.16. The number of para-hydroxylation sites is 1. The first-order valence-electron chi connectivity index (χ1n) is 8.69. The first-order chi connectivity index (χ1) is 13.1. The van der Waals surface area contributed by atoms with Crippen LogP contribution in [-0.2, 0) is 0 Å². The van der Waals surface area contributed by atoms with Gasteiger partial charge in [0.2, 0.25) is 0 Å². The average molecular weight is 373 g/mol. The van der Waals surface area contributed by atoms with Crippen LogP contribution in [0.5, 0.6) is 0 Å². The number of carbonyl (C=O) groups excluding carboxylic acids is 1. The van der Waals surface area contributed by atoms with Gasteiger partial charge in [-0.2, -0.15) is 5.10 Å². The van der Waals surface area contributed by atoms with Crippen molar-refractivity contribution in [1.82, 2.24) is 9.78 Å². The van der Waals surface area contributed by atoms with Gasteiger partial charge in [-0.25, -0.2) is 4.68 Å². The Morgan fingerprint density at radius 3 is 2.37 bits per heavy atom. The summed E-state index contributed by atoms with van der Waals surface area (Å²) in [5.74, 6) is -0.181. The van der Waals surface area contributed by atoms with Gasteiger partial charge in [0.1, 0.15) is 11.4 Å². The van der Waals surface area contributed by atoms with E-state index in [0.29, 0.717) is 5.69 Å². The molecule has 0 spiro atoms. The molecule has 1 N–H and O–H groups in total. The molecule has 4 nitrogen and oxygen atoms in total. The molecule has 0 aliphatic rings. The average Bonchev–Trinajstić information content (AvgIpc) is 3.31. The van der Waals surface area contributed by atoms with Gasteiger partial charge in [0.25, 0.3) is 5.91 Å². The zero-order valence-corrected chi connectivity index (χ0v) is 16.0. The molecule has 0 saturated carbocycles. The number of hydrogen-bond acceptors (Lipinski definition) is 3. The maximum absolute atomic E-state index is 13.0. The van der Waals surface area contributed by atoms with Gasteiger partial charge in [-0.15, -0.1) is 11.3 Å². The summed E-state index contributed by atoms with van der Waals surface area (Å²) >= 11 is 1.61. The second-order valence-electron chi connectivity index (χ2n) is 6.47. The number of benzene rings is 2. The van der Waals surface area contributed by atoms with Crippen molar-refractivity contribution in [2.75, 3.05) is 5.32 Å². The van der Waals surface area contributed by atoms with Crippen LogP contribution < -0.4 is 5.32 Å². The molecule has 0 aliphatic carbocycles. The lowest BCUT2D eigenvalue weighted by Gasteiger charge is -2.09. The van der Waals surface area contributed by atoms with Crippen molar-refractivity contribution in [3.05, 3.63) is 88.9 Å². The van der Waals surface area contributed by atoms with E-state index in [1.165, 1.54) is 0 Å². The van der Waals surface area contributed by atoms with Crippen molar-refractivity contribution in [1.29, 1.82) is 0 Å². The number of hydrogen-bond donors (Lipinski definition) is 1. The van der Waals surface area contributed by atoms with Gasteiger partial charge in [0.05, 0.1) is 10.6 Å². The van der Waals surface area contributed by atoms with Crippen molar-refractivity contribution < 1.29 is 4.79 Å². The molecule has 0 radical (unpaired) electrons. The Labute approximate surface area is 162 Å². The molecule has 27 heavy (non-hydrogen) atoms. The monoisotopic (exact) mass is 373 g/mol. The predicted octanol–water partition coefficient (Wildman–Crippen LogP) is 5.47. The second-order valence-corrected chi connectivity index (χ2v) is 7.42. The first-order valence-corrected chi connectivity index (χ1v) is 9.57. The highest BCUT2D eigenvalue weighted by molar-refractivity contribution is 7.13. The van der Waals surface area contributed by atoms with E-state index in [-0.39, 0.29) is 5.91 Å². The number of amides is 1. The lowest BCUT2D eigenvalue weighted by molar-refractivity contribution is 0.101. The third-order valence-electron chi connectivity index (χ3n) is 4.20. The highest BCUT2D eigenvalue weighted by Crippen LogP contribution is 2.26. The lowest BCUT2D eigenvalue weighted by atomic mass is 10.1. The Kier molecular flexibility index (Phi) is 4.60. The van der Waals surface area contributed by atoms with E-state index >= 15 is 0 Å². The molecule has 0 fully saturated rings. The van der Waals surface area contributed by atoms with Gasteiger partial charge in [0, 0.05) is 5.69 Å². The number of carbonyl (C=O) groups is 1. The van der Waals surface area contributed by atoms with Crippen LogP contribution in [-0.4, -0.2) is 15.7 Å². The van der Waals surface area contributed by atoms with Gasteiger partial charge in [-0.05, 0) is 66.8 Å². The van der Waals surface area contributed by atoms with Crippen LogP contribution in [0, 0.1) is 13.8 Å². The Morgan fingerprint density at radius 1 is 0.963 bits per heavy atom. The minimum absolute atomic E-state index is 0.181. The molecule has 0 unspecified atom stereocenters. The molecule has 0 aliphatic heterocycles. The molecule has 0 atom stereocenters. The SMILES string of the molecule is Cc1cc(C)cc(NC(=O)c2cc(-c3cccs3)nn2-c2ccccc2)c1. The molecular formula is C22H19N3OS. The van der Waals surface area contributed by atoms with Crippen LogP contribution in [0.1, 0.15) is 21.6 Å². The van der Waals surface area contributed by atoms with Crippen LogP contribution in [0.4, 0.5) is 5.69 Å². The third-order valence-corrected chi connectivity index (χ3v) is 5.09. The summed E-state index contributed by atoms with van der Waals surface area (Å²) in [5, 5.41) is 9.71. The fourth-order valence-electron chi connectivity index (χ4n) is 3.10. The Balaban J connectivity index is 1.75. The lowest BCUT2D eigenvalue weighted by Crippen LogP contribution is -2.17. The molecule has 134 valence electrons. The molecule has 5 heteroatoms. The minimum atomic E-state index is -0.181. The van der Waals surface area contributed by atoms with E-state index in [1.807, 2.05) is 79.9 Å². The largest absolute Gasteiger partial charge is 0.321 e. The normalized spacial score (nSPS) is 10.7. The van der Waals surface area contributed by atoms with Gasteiger partial charge >= 0.3 is 0 Å². The second kappa shape index (κ2) is 7.21. The van der Waals surface area contributed by atoms with E-state index in [2.05, 4.69) is 16.5 Å². The van der Waals surface area contributed by atoms with E-state index in [0.717, 1.165) is 33.1 Å². The quantitative estimate of drug-likeness (QED) is 0.515. The van der Waals surface area contributed by atoms with E-state index in [4.69, 9.17) is 0 Å². The van der Waals surface area contributed by atoms with Crippen LogP contribution >= 0.6 is 11.3 Å². The summed E-state index contributed by atoms with van der Waals surface area (Å²) < 4.78 is 1.70. The van der Waals surface area contributed by atoms with Crippen LogP contribution in [0.15, 0.2) is 72.1 Å². The summed E-state index contributed by atoms with van der Waals surface area (Å²) in [4.78, 5) is 14.1. The topological polar surface area (TPSA) is 46.9 Å². The number of aromatic nitrogens is 2. The Morgan fingerprint density at radius 2 is 1.70 bits per heavy atom. The molecule has 2 heterocycles. The van der Waals surface area contributed by atoms with Crippen molar-refractivity contribution in [2.24, 2.45) is 0 Å². The zero-order valence-electron chi connectivity index (χ0n) is 15.1. The zero-order chi connectivity index (χ0) is 18.8. The van der Waals surface area contributed by atoms with Crippen molar-refractivity contribution >= 4 is 22.9 Å². The van der Waals surface area contributed by atoms with Crippen LogP contribution in [0.25, 0.3) is 16.3 Å². The third kappa shape index (κ3) is 3.68. The molecule has 2 aromatic heterocycles. The van der Waals surface area contributed by atoms with Gasteiger partial charge in [-0.1, -0.05) is 30.3 Å². The number of nitrogens with zero attached hydrogens (tertiary/aromatic N) is 2. The standard InChI is InChI=1S/C22H19N3OS/c1-15-11-16(2)13-17(12-15)23-22(26)20-14-19(21-9-6-10-27-21)24-25(20)18-7-4-3-5-8-18/h3-14H,1-2H3,(H,23,26). The Bertz CT molecular complexity index is 1060. The molecule has 4 rings (SSSR count). The molecular weight excluding hydrogens is 354 g/mol. The number of thiophene rings is 1.